The maximum atomic E-state index is 4.48. The van der Waals surface area contributed by atoms with Gasteiger partial charge in [-0.3, -0.25) is 0 Å². The second-order valence-corrected chi connectivity index (χ2v) is 5.30. The summed E-state index contributed by atoms with van der Waals surface area (Å²) >= 11 is 7.03. The molecule has 0 fully saturated rings. The highest BCUT2D eigenvalue weighted by atomic mass is 79.9. The maximum absolute atomic E-state index is 4.48. The van der Waals surface area contributed by atoms with Crippen molar-refractivity contribution in [1.82, 2.24) is 4.98 Å². The summed E-state index contributed by atoms with van der Waals surface area (Å²) in [4.78, 5) is 4.80. The molecule has 0 aliphatic carbocycles. The van der Waals surface area contributed by atoms with Crippen LogP contribution in [0.1, 0.15) is 17.3 Å². The number of fused-ring (bicyclic) bond motifs is 1. The van der Waals surface area contributed by atoms with E-state index in [1.54, 1.807) is 0 Å². The Morgan fingerprint density at radius 1 is 1.29 bits per heavy atom. The highest BCUT2D eigenvalue weighted by Crippen LogP contribution is 2.30. The number of pyridine rings is 1. The Bertz CT molecular complexity index is 466. The summed E-state index contributed by atoms with van der Waals surface area (Å²) in [6, 6.07) is 10.3. The van der Waals surface area contributed by atoms with Crippen molar-refractivity contribution in [2.24, 2.45) is 0 Å². The fourth-order valence-corrected chi connectivity index (χ4v) is 2.69. The first kappa shape index (κ1) is 10.1. The molecule has 1 heterocycles. The molecule has 1 nitrogen and oxygen atoms in total. The largest absolute Gasteiger partial charge is 0.241 e. The molecule has 0 amide bonds. The third kappa shape index (κ3) is 1.84. The molecule has 3 heteroatoms. The zero-order valence-corrected chi connectivity index (χ0v) is 10.8. The summed E-state index contributed by atoms with van der Waals surface area (Å²) in [6.07, 6.45) is 0. The Morgan fingerprint density at radius 3 is 2.71 bits per heavy atom. The summed E-state index contributed by atoms with van der Waals surface area (Å²) in [5.74, 6) is 0. The van der Waals surface area contributed by atoms with E-state index >= 15 is 0 Å². The standard InChI is InChI=1S/C11H9Br2N/c1-7(12)9-6-8-4-2-3-5-10(8)14-11(9)13/h2-7H,1H3. The van der Waals surface area contributed by atoms with Crippen molar-refractivity contribution in [2.45, 2.75) is 11.8 Å². The van der Waals surface area contributed by atoms with Gasteiger partial charge in [0.1, 0.15) is 4.60 Å². The van der Waals surface area contributed by atoms with Gasteiger partial charge in [0.2, 0.25) is 0 Å². The smallest absolute Gasteiger partial charge is 0.111 e. The molecule has 0 spiro atoms. The van der Waals surface area contributed by atoms with E-state index in [0.717, 1.165) is 10.1 Å². The van der Waals surface area contributed by atoms with Gasteiger partial charge in [-0.2, -0.15) is 0 Å². The Kier molecular flexibility index (Phi) is 2.88. The number of hydrogen-bond acceptors (Lipinski definition) is 1. The van der Waals surface area contributed by atoms with Crippen molar-refractivity contribution in [2.75, 3.05) is 0 Å². The molecule has 2 aromatic rings. The number of rotatable bonds is 1. The maximum Gasteiger partial charge on any atom is 0.111 e. The van der Waals surface area contributed by atoms with E-state index in [9.17, 15) is 0 Å². The first-order valence-electron chi connectivity index (χ1n) is 4.38. The van der Waals surface area contributed by atoms with Gasteiger partial charge in [-0.15, -0.1) is 0 Å². The number of hydrogen-bond donors (Lipinski definition) is 0. The van der Waals surface area contributed by atoms with Gasteiger partial charge < -0.3 is 0 Å². The monoisotopic (exact) mass is 313 g/mol. The minimum absolute atomic E-state index is 0.314. The van der Waals surface area contributed by atoms with E-state index in [1.165, 1.54) is 10.9 Å². The van der Waals surface area contributed by atoms with E-state index in [4.69, 9.17) is 0 Å². The molecule has 14 heavy (non-hydrogen) atoms. The predicted octanol–water partition coefficient (Wildman–Crippen LogP) is 4.45. The molecule has 0 aliphatic rings. The van der Waals surface area contributed by atoms with Gasteiger partial charge in [0.25, 0.3) is 0 Å². The number of aromatic nitrogens is 1. The zero-order chi connectivity index (χ0) is 10.1. The minimum atomic E-state index is 0.314. The van der Waals surface area contributed by atoms with Crippen LogP contribution in [0.25, 0.3) is 10.9 Å². The molecule has 0 bridgehead atoms. The molecule has 0 aliphatic heterocycles. The summed E-state index contributed by atoms with van der Waals surface area (Å²) in [5, 5.41) is 1.18. The molecule has 2 rings (SSSR count). The Balaban J connectivity index is 2.71. The molecule has 1 atom stereocenters. The fourth-order valence-electron chi connectivity index (χ4n) is 1.39. The number of halogens is 2. The average molecular weight is 315 g/mol. The molecular formula is C11H9Br2N. The number of benzene rings is 1. The lowest BCUT2D eigenvalue weighted by molar-refractivity contribution is 1.08. The van der Waals surface area contributed by atoms with Crippen molar-refractivity contribution in [1.29, 1.82) is 0 Å². The van der Waals surface area contributed by atoms with Crippen LogP contribution in [0.2, 0.25) is 0 Å². The lowest BCUT2D eigenvalue weighted by Crippen LogP contribution is -1.90. The molecule has 0 radical (unpaired) electrons. The third-order valence-corrected chi connectivity index (χ3v) is 3.26. The normalized spacial score (nSPS) is 13.1. The molecule has 1 aromatic carbocycles. The average Bonchev–Trinajstić information content (AvgIpc) is 2.16. The van der Waals surface area contributed by atoms with Gasteiger partial charge >= 0.3 is 0 Å². The number of para-hydroxylation sites is 1. The van der Waals surface area contributed by atoms with Gasteiger partial charge in [0, 0.05) is 10.2 Å². The summed E-state index contributed by atoms with van der Waals surface area (Å²) in [5.41, 5.74) is 2.21. The van der Waals surface area contributed by atoms with Crippen molar-refractivity contribution in [3.8, 4) is 0 Å². The minimum Gasteiger partial charge on any atom is -0.241 e. The van der Waals surface area contributed by atoms with Gasteiger partial charge in [-0.25, -0.2) is 4.98 Å². The first-order chi connectivity index (χ1) is 6.68. The van der Waals surface area contributed by atoms with Crippen molar-refractivity contribution >= 4 is 42.8 Å². The van der Waals surface area contributed by atoms with Gasteiger partial charge in [-0.05, 0) is 40.5 Å². The first-order valence-corrected chi connectivity index (χ1v) is 6.08. The van der Waals surface area contributed by atoms with Crippen LogP contribution in [0.3, 0.4) is 0 Å². The summed E-state index contributed by atoms with van der Waals surface area (Å²) in [7, 11) is 0. The van der Waals surface area contributed by atoms with Gasteiger partial charge in [0.05, 0.1) is 5.52 Å². The van der Waals surface area contributed by atoms with Crippen LogP contribution in [0.4, 0.5) is 0 Å². The molecule has 0 N–H and O–H groups in total. The second-order valence-electron chi connectivity index (χ2n) is 3.18. The van der Waals surface area contributed by atoms with Crippen LogP contribution in [0, 0.1) is 0 Å². The van der Waals surface area contributed by atoms with Crippen LogP contribution in [0.5, 0.6) is 0 Å². The van der Waals surface area contributed by atoms with Crippen molar-refractivity contribution in [3.63, 3.8) is 0 Å². The third-order valence-electron chi connectivity index (χ3n) is 2.13. The quantitative estimate of drug-likeness (QED) is 0.559. The number of alkyl halides is 1. The van der Waals surface area contributed by atoms with Crippen LogP contribution >= 0.6 is 31.9 Å². The fraction of sp³-hybridized carbons (Fsp3) is 0.182. The Morgan fingerprint density at radius 2 is 2.00 bits per heavy atom. The van der Waals surface area contributed by atoms with Gasteiger partial charge in [0.15, 0.2) is 0 Å². The van der Waals surface area contributed by atoms with Crippen molar-refractivity contribution in [3.05, 3.63) is 40.5 Å². The molecule has 72 valence electrons. The SMILES string of the molecule is CC(Br)c1cc2ccccc2nc1Br. The van der Waals surface area contributed by atoms with Crippen LogP contribution in [-0.2, 0) is 0 Å². The second kappa shape index (κ2) is 3.99. The Hall–Kier alpha value is -0.410. The highest BCUT2D eigenvalue weighted by Gasteiger charge is 2.08. The zero-order valence-electron chi connectivity index (χ0n) is 7.67. The van der Waals surface area contributed by atoms with Gasteiger partial charge in [-0.1, -0.05) is 34.1 Å². The molecule has 0 saturated heterocycles. The lowest BCUT2D eigenvalue weighted by Gasteiger charge is -2.07. The molecule has 0 saturated carbocycles. The lowest BCUT2D eigenvalue weighted by atomic mass is 10.1. The summed E-state index contributed by atoms with van der Waals surface area (Å²) in [6.45, 7) is 2.09. The van der Waals surface area contributed by atoms with E-state index in [0.29, 0.717) is 4.83 Å². The van der Waals surface area contributed by atoms with Crippen LogP contribution in [0.15, 0.2) is 34.9 Å². The van der Waals surface area contributed by atoms with E-state index in [-0.39, 0.29) is 0 Å². The van der Waals surface area contributed by atoms with E-state index < -0.39 is 0 Å². The molecule has 1 aromatic heterocycles. The number of nitrogens with zero attached hydrogens (tertiary/aromatic N) is 1. The van der Waals surface area contributed by atoms with Crippen molar-refractivity contribution < 1.29 is 0 Å². The molecule has 1 unspecified atom stereocenters. The molecular weight excluding hydrogens is 306 g/mol. The Labute approximate surface area is 99.8 Å². The topological polar surface area (TPSA) is 12.9 Å². The summed E-state index contributed by atoms with van der Waals surface area (Å²) < 4.78 is 0.917. The van der Waals surface area contributed by atoms with E-state index in [2.05, 4.69) is 55.9 Å². The predicted molar refractivity (Wildman–Crippen MR) is 66.8 cm³/mol. The van der Waals surface area contributed by atoms with Crippen LogP contribution < -0.4 is 0 Å². The van der Waals surface area contributed by atoms with E-state index in [1.807, 2.05) is 18.2 Å². The van der Waals surface area contributed by atoms with Crippen LogP contribution in [-0.4, -0.2) is 4.98 Å². The highest BCUT2D eigenvalue weighted by molar-refractivity contribution is 9.10.